The quantitative estimate of drug-likeness (QED) is 0.697. The molecule has 2 N–H and O–H groups in total. The van der Waals surface area contributed by atoms with E-state index in [0.29, 0.717) is 6.10 Å². The summed E-state index contributed by atoms with van der Waals surface area (Å²) in [6.45, 7) is 16.9. The van der Waals surface area contributed by atoms with E-state index in [-0.39, 0.29) is 22.2 Å². The van der Waals surface area contributed by atoms with Crippen molar-refractivity contribution in [3.63, 3.8) is 0 Å². The van der Waals surface area contributed by atoms with Gasteiger partial charge in [-0.25, -0.2) is 0 Å². The van der Waals surface area contributed by atoms with E-state index in [1.807, 2.05) is 0 Å². The molecule has 2 rings (SSSR count). The minimum absolute atomic E-state index is 0.107. The van der Waals surface area contributed by atoms with Gasteiger partial charge in [-0.2, -0.15) is 0 Å². The summed E-state index contributed by atoms with van der Waals surface area (Å²) in [6.07, 6.45) is 2.33. The average Bonchev–Trinajstić information content (AvgIpc) is 2.07. The van der Waals surface area contributed by atoms with Crippen LogP contribution in [0.2, 0.25) is 0 Å². The molecule has 2 aliphatic heterocycles. The van der Waals surface area contributed by atoms with E-state index in [2.05, 4.69) is 59.1 Å². The van der Waals surface area contributed by atoms with Gasteiger partial charge in [0.05, 0.1) is 6.10 Å². The SMILES string of the molecule is CC1OC2(CC(C)(C)NC(C)(C)C2)NCC1(C)C. The summed E-state index contributed by atoms with van der Waals surface area (Å²) in [5.41, 5.74) is 0.267. The molecular weight excluding hydrogens is 224 g/mol. The summed E-state index contributed by atoms with van der Waals surface area (Å²) in [5, 5.41) is 7.42. The molecule has 3 nitrogen and oxygen atoms in total. The van der Waals surface area contributed by atoms with Gasteiger partial charge >= 0.3 is 0 Å². The van der Waals surface area contributed by atoms with Crippen molar-refractivity contribution in [1.29, 1.82) is 0 Å². The highest BCUT2D eigenvalue weighted by molar-refractivity contribution is 5.06. The second-order valence-electron chi connectivity index (χ2n) is 8.34. The van der Waals surface area contributed by atoms with E-state index in [4.69, 9.17) is 4.74 Å². The monoisotopic (exact) mass is 254 g/mol. The number of ether oxygens (including phenoxy) is 1. The highest BCUT2D eigenvalue weighted by atomic mass is 16.5. The van der Waals surface area contributed by atoms with Crippen LogP contribution in [0.1, 0.15) is 61.3 Å². The first-order valence-electron chi connectivity index (χ1n) is 7.18. The van der Waals surface area contributed by atoms with Crippen LogP contribution in [0.3, 0.4) is 0 Å². The van der Waals surface area contributed by atoms with Crippen LogP contribution >= 0.6 is 0 Å². The third-order valence-corrected chi connectivity index (χ3v) is 4.50. The lowest BCUT2D eigenvalue weighted by Crippen LogP contribution is -2.72. The first kappa shape index (κ1) is 14.3. The van der Waals surface area contributed by atoms with Crippen LogP contribution < -0.4 is 10.6 Å². The molecular formula is C15H30N2O. The Kier molecular flexibility index (Phi) is 3.13. The van der Waals surface area contributed by atoms with Gasteiger partial charge in [0.1, 0.15) is 5.72 Å². The molecule has 2 heterocycles. The van der Waals surface area contributed by atoms with Crippen molar-refractivity contribution in [3.05, 3.63) is 0 Å². The minimum Gasteiger partial charge on any atom is -0.357 e. The molecule has 2 fully saturated rings. The normalized spacial score (nSPS) is 36.5. The lowest BCUT2D eigenvalue weighted by Gasteiger charge is -2.57. The maximum absolute atomic E-state index is 6.45. The first-order valence-corrected chi connectivity index (χ1v) is 7.18. The molecule has 2 aliphatic rings. The van der Waals surface area contributed by atoms with Crippen LogP contribution in [0.25, 0.3) is 0 Å². The number of hydrogen-bond donors (Lipinski definition) is 2. The number of rotatable bonds is 0. The summed E-state index contributed by atoms with van der Waals surface area (Å²) in [7, 11) is 0. The Balaban J connectivity index is 2.22. The van der Waals surface area contributed by atoms with Crippen molar-refractivity contribution in [3.8, 4) is 0 Å². The predicted octanol–water partition coefficient (Wildman–Crippen LogP) is 2.66. The topological polar surface area (TPSA) is 33.3 Å². The van der Waals surface area contributed by atoms with Crippen LogP contribution in [0.4, 0.5) is 0 Å². The summed E-state index contributed by atoms with van der Waals surface area (Å²) in [6, 6.07) is 0. The van der Waals surface area contributed by atoms with Crippen LogP contribution in [-0.4, -0.2) is 29.5 Å². The summed E-state index contributed by atoms with van der Waals surface area (Å²) < 4.78 is 6.45. The van der Waals surface area contributed by atoms with Crippen molar-refractivity contribution in [2.24, 2.45) is 5.41 Å². The van der Waals surface area contributed by atoms with E-state index in [1.165, 1.54) is 0 Å². The molecule has 0 saturated carbocycles. The van der Waals surface area contributed by atoms with Gasteiger partial charge in [-0.3, -0.25) is 5.32 Å². The van der Waals surface area contributed by atoms with Gasteiger partial charge in [0.25, 0.3) is 0 Å². The molecule has 0 aromatic heterocycles. The second-order valence-corrected chi connectivity index (χ2v) is 8.34. The summed E-state index contributed by atoms with van der Waals surface area (Å²) >= 11 is 0. The Bertz CT molecular complexity index is 317. The van der Waals surface area contributed by atoms with Crippen molar-refractivity contribution in [1.82, 2.24) is 10.6 Å². The Morgan fingerprint density at radius 1 is 0.944 bits per heavy atom. The molecule has 0 aliphatic carbocycles. The van der Waals surface area contributed by atoms with Crippen LogP contribution in [0.5, 0.6) is 0 Å². The zero-order valence-corrected chi connectivity index (χ0v) is 13.1. The summed E-state index contributed by atoms with van der Waals surface area (Å²) in [5.74, 6) is 0. The zero-order chi connectivity index (χ0) is 13.8. The van der Waals surface area contributed by atoms with E-state index >= 15 is 0 Å². The Hall–Kier alpha value is -0.120. The number of piperidine rings is 1. The van der Waals surface area contributed by atoms with E-state index in [1.54, 1.807) is 0 Å². The fraction of sp³-hybridized carbons (Fsp3) is 1.00. The third kappa shape index (κ3) is 2.73. The van der Waals surface area contributed by atoms with Crippen LogP contribution in [-0.2, 0) is 4.74 Å². The second kappa shape index (κ2) is 3.94. The van der Waals surface area contributed by atoms with Gasteiger partial charge < -0.3 is 10.1 Å². The van der Waals surface area contributed by atoms with E-state index < -0.39 is 0 Å². The van der Waals surface area contributed by atoms with Crippen LogP contribution in [0.15, 0.2) is 0 Å². The molecule has 0 aromatic carbocycles. The van der Waals surface area contributed by atoms with Crippen molar-refractivity contribution < 1.29 is 4.74 Å². The molecule has 106 valence electrons. The molecule has 18 heavy (non-hydrogen) atoms. The Labute approximate surface area is 112 Å². The third-order valence-electron chi connectivity index (χ3n) is 4.50. The first-order chi connectivity index (χ1) is 7.96. The van der Waals surface area contributed by atoms with Crippen LogP contribution in [0, 0.1) is 5.41 Å². The molecule has 1 unspecified atom stereocenters. The van der Waals surface area contributed by atoms with E-state index in [9.17, 15) is 0 Å². The molecule has 0 radical (unpaired) electrons. The molecule has 1 atom stereocenters. The van der Waals surface area contributed by atoms with Crippen molar-refractivity contribution in [2.45, 2.75) is 84.2 Å². The Morgan fingerprint density at radius 3 is 1.89 bits per heavy atom. The van der Waals surface area contributed by atoms with Crippen molar-refractivity contribution >= 4 is 0 Å². The minimum atomic E-state index is -0.160. The lowest BCUT2D eigenvalue weighted by atomic mass is 9.74. The average molecular weight is 254 g/mol. The zero-order valence-electron chi connectivity index (χ0n) is 13.1. The molecule has 0 aromatic rings. The maximum Gasteiger partial charge on any atom is 0.123 e. The fourth-order valence-corrected chi connectivity index (χ4v) is 3.78. The van der Waals surface area contributed by atoms with Gasteiger partial charge in [-0.05, 0) is 34.6 Å². The van der Waals surface area contributed by atoms with Gasteiger partial charge in [0.15, 0.2) is 0 Å². The fourth-order valence-electron chi connectivity index (χ4n) is 3.78. The highest BCUT2D eigenvalue weighted by Crippen LogP contribution is 2.42. The maximum atomic E-state index is 6.45. The molecule has 0 bridgehead atoms. The highest BCUT2D eigenvalue weighted by Gasteiger charge is 2.52. The van der Waals surface area contributed by atoms with Gasteiger partial charge in [-0.1, -0.05) is 13.8 Å². The number of nitrogens with one attached hydrogen (secondary N) is 2. The molecule has 3 heteroatoms. The van der Waals surface area contributed by atoms with Gasteiger partial charge in [0.2, 0.25) is 0 Å². The smallest absolute Gasteiger partial charge is 0.123 e. The van der Waals surface area contributed by atoms with Gasteiger partial charge in [0, 0.05) is 35.9 Å². The van der Waals surface area contributed by atoms with Crippen molar-refractivity contribution in [2.75, 3.05) is 6.54 Å². The number of hydrogen-bond acceptors (Lipinski definition) is 3. The Morgan fingerprint density at radius 2 is 1.44 bits per heavy atom. The lowest BCUT2D eigenvalue weighted by molar-refractivity contribution is -0.214. The standard InChI is InChI=1S/C15H30N2O/c1-11-12(2,3)10-16-15(18-11)8-13(4,5)17-14(6,7)9-15/h11,16-17H,8-10H2,1-7H3. The molecule has 1 spiro atoms. The largest absolute Gasteiger partial charge is 0.357 e. The predicted molar refractivity (Wildman–Crippen MR) is 75.6 cm³/mol. The van der Waals surface area contributed by atoms with Gasteiger partial charge in [-0.15, -0.1) is 0 Å². The molecule has 0 amide bonds. The molecule has 2 saturated heterocycles. The van der Waals surface area contributed by atoms with E-state index in [0.717, 1.165) is 19.4 Å². The summed E-state index contributed by atoms with van der Waals surface area (Å²) in [4.78, 5) is 0.